The lowest BCUT2D eigenvalue weighted by Crippen LogP contribution is -2.35. The second-order valence-electron chi connectivity index (χ2n) is 5.13. The molecule has 0 saturated heterocycles. The normalized spacial score (nSPS) is 17.0. The van der Waals surface area contributed by atoms with Crippen LogP contribution in [0.3, 0.4) is 0 Å². The van der Waals surface area contributed by atoms with Crippen molar-refractivity contribution >= 4 is 11.6 Å². The number of oxime groups is 1. The van der Waals surface area contributed by atoms with Crippen molar-refractivity contribution in [1.82, 2.24) is 5.32 Å². The standard InChI is InChI=1S/C16H22N2O3/c1-3-4-8-17-16(19)15-11-13(18-21-15)9-12-6-5-7-14(10-12)20-2/h5-7,10,15H,3-4,8-9,11H2,1-2H3,(H,17,19)/t15-/m1/s1. The lowest BCUT2D eigenvalue weighted by molar-refractivity contribution is -0.131. The molecule has 1 aromatic rings. The van der Waals surface area contributed by atoms with Crippen LogP contribution < -0.4 is 10.1 Å². The largest absolute Gasteiger partial charge is 0.497 e. The Hall–Kier alpha value is -2.04. The molecule has 5 nitrogen and oxygen atoms in total. The van der Waals surface area contributed by atoms with E-state index in [-0.39, 0.29) is 5.91 Å². The van der Waals surface area contributed by atoms with Gasteiger partial charge in [0.15, 0.2) is 0 Å². The van der Waals surface area contributed by atoms with Gasteiger partial charge < -0.3 is 14.9 Å². The van der Waals surface area contributed by atoms with Crippen molar-refractivity contribution in [2.45, 2.75) is 38.7 Å². The molecule has 21 heavy (non-hydrogen) atoms. The molecule has 0 bridgehead atoms. The van der Waals surface area contributed by atoms with E-state index in [1.54, 1.807) is 7.11 Å². The van der Waals surface area contributed by atoms with Crippen molar-refractivity contribution in [3.8, 4) is 5.75 Å². The SMILES string of the molecule is CCCCNC(=O)[C@H]1CC(Cc2cccc(OC)c2)=NO1. The Labute approximate surface area is 125 Å². The molecule has 1 amide bonds. The van der Waals surface area contributed by atoms with Crippen molar-refractivity contribution in [1.29, 1.82) is 0 Å². The van der Waals surface area contributed by atoms with Gasteiger partial charge in [-0.2, -0.15) is 0 Å². The number of ether oxygens (including phenoxy) is 1. The zero-order valence-corrected chi connectivity index (χ0v) is 12.6. The van der Waals surface area contributed by atoms with Crippen LogP contribution in [0.5, 0.6) is 5.75 Å². The third-order valence-electron chi connectivity index (χ3n) is 3.39. The number of carbonyl (C=O) groups excluding carboxylic acids is 1. The van der Waals surface area contributed by atoms with Crippen molar-refractivity contribution in [2.75, 3.05) is 13.7 Å². The zero-order chi connectivity index (χ0) is 15.1. The minimum atomic E-state index is -0.484. The highest BCUT2D eigenvalue weighted by Crippen LogP contribution is 2.18. The topological polar surface area (TPSA) is 59.9 Å². The molecule has 0 aliphatic carbocycles. The van der Waals surface area contributed by atoms with Gasteiger partial charge in [-0.15, -0.1) is 0 Å². The molecular weight excluding hydrogens is 268 g/mol. The maximum absolute atomic E-state index is 11.9. The molecule has 1 N–H and O–H groups in total. The third-order valence-corrected chi connectivity index (χ3v) is 3.39. The van der Waals surface area contributed by atoms with Crippen LogP contribution in [0.2, 0.25) is 0 Å². The smallest absolute Gasteiger partial charge is 0.264 e. The second-order valence-corrected chi connectivity index (χ2v) is 5.13. The number of amides is 1. The number of benzene rings is 1. The highest BCUT2D eigenvalue weighted by atomic mass is 16.6. The molecule has 0 spiro atoms. The predicted molar refractivity (Wildman–Crippen MR) is 81.5 cm³/mol. The summed E-state index contributed by atoms with van der Waals surface area (Å²) < 4.78 is 5.20. The summed E-state index contributed by atoms with van der Waals surface area (Å²) in [6, 6.07) is 7.83. The molecule has 0 fully saturated rings. The Morgan fingerprint density at radius 3 is 3.14 bits per heavy atom. The number of nitrogens with zero attached hydrogens (tertiary/aromatic N) is 1. The number of unbranched alkanes of at least 4 members (excludes halogenated alkanes) is 1. The predicted octanol–water partition coefficient (Wildman–Crippen LogP) is 2.30. The van der Waals surface area contributed by atoms with Crippen LogP contribution in [0.1, 0.15) is 31.7 Å². The van der Waals surface area contributed by atoms with Crippen LogP contribution in [0.15, 0.2) is 29.4 Å². The fourth-order valence-electron chi connectivity index (χ4n) is 2.19. The molecular formula is C16H22N2O3. The average molecular weight is 290 g/mol. The average Bonchev–Trinajstić information content (AvgIpc) is 2.96. The number of hydrogen-bond acceptors (Lipinski definition) is 4. The van der Waals surface area contributed by atoms with Crippen molar-refractivity contribution in [3.63, 3.8) is 0 Å². The van der Waals surface area contributed by atoms with Crippen molar-refractivity contribution in [3.05, 3.63) is 29.8 Å². The molecule has 0 radical (unpaired) electrons. The van der Waals surface area contributed by atoms with E-state index in [0.29, 0.717) is 19.4 Å². The van der Waals surface area contributed by atoms with E-state index in [0.717, 1.165) is 29.9 Å². The molecule has 1 atom stereocenters. The Kier molecular flexibility index (Phi) is 5.60. The number of nitrogens with one attached hydrogen (secondary N) is 1. The van der Waals surface area contributed by atoms with Gasteiger partial charge in [0, 0.05) is 19.4 Å². The first-order valence-corrected chi connectivity index (χ1v) is 7.35. The van der Waals surface area contributed by atoms with Gasteiger partial charge >= 0.3 is 0 Å². The van der Waals surface area contributed by atoms with E-state index in [1.807, 2.05) is 24.3 Å². The monoisotopic (exact) mass is 290 g/mol. The summed E-state index contributed by atoms with van der Waals surface area (Å²) in [5.41, 5.74) is 1.99. The van der Waals surface area contributed by atoms with Gasteiger partial charge in [-0.05, 0) is 24.1 Å². The fraction of sp³-hybridized carbons (Fsp3) is 0.500. The van der Waals surface area contributed by atoms with Gasteiger partial charge in [-0.25, -0.2) is 0 Å². The van der Waals surface area contributed by atoms with Crippen LogP contribution in [0.25, 0.3) is 0 Å². The summed E-state index contributed by atoms with van der Waals surface area (Å²) in [6.45, 7) is 2.79. The number of hydrogen-bond donors (Lipinski definition) is 1. The quantitative estimate of drug-likeness (QED) is 0.784. The maximum Gasteiger partial charge on any atom is 0.264 e. The van der Waals surface area contributed by atoms with Gasteiger partial charge in [-0.1, -0.05) is 30.6 Å². The van der Waals surface area contributed by atoms with E-state index in [4.69, 9.17) is 9.57 Å². The van der Waals surface area contributed by atoms with E-state index >= 15 is 0 Å². The molecule has 5 heteroatoms. The lowest BCUT2D eigenvalue weighted by atomic mass is 10.0. The molecule has 1 heterocycles. The first-order valence-electron chi connectivity index (χ1n) is 7.35. The van der Waals surface area contributed by atoms with Gasteiger partial charge in [0.1, 0.15) is 5.75 Å². The van der Waals surface area contributed by atoms with E-state index in [1.165, 1.54) is 0 Å². The molecule has 1 aliphatic rings. The van der Waals surface area contributed by atoms with E-state index in [2.05, 4.69) is 17.4 Å². The summed E-state index contributed by atoms with van der Waals surface area (Å²) in [5.74, 6) is 0.744. The van der Waals surface area contributed by atoms with Crippen LogP contribution in [-0.2, 0) is 16.1 Å². The van der Waals surface area contributed by atoms with Gasteiger partial charge in [0.2, 0.25) is 6.10 Å². The minimum Gasteiger partial charge on any atom is -0.497 e. The Balaban J connectivity index is 1.83. The highest BCUT2D eigenvalue weighted by molar-refractivity contribution is 5.93. The summed E-state index contributed by atoms with van der Waals surface area (Å²) in [6.07, 6.45) is 2.78. The number of carbonyl (C=O) groups is 1. The summed E-state index contributed by atoms with van der Waals surface area (Å²) in [7, 11) is 1.64. The number of rotatable bonds is 7. The van der Waals surface area contributed by atoms with E-state index in [9.17, 15) is 4.79 Å². The summed E-state index contributed by atoms with van der Waals surface area (Å²) >= 11 is 0. The first kappa shape index (κ1) is 15.4. The highest BCUT2D eigenvalue weighted by Gasteiger charge is 2.27. The first-order chi connectivity index (χ1) is 10.2. The van der Waals surface area contributed by atoms with Gasteiger partial charge in [0.05, 0.1) is 12.8 Å². The minimum absolute atomic E-state index is 0.0761. The molecule has 0 saturated carbocycles. The Morgan fingerprint density at radius 2 is 2.38 bits per heavy atom. The van der Waals surface area contributed by atoms with Crippen LogP contribution in [0, 0.1) is 0 Å². The molecule has 1 aromatic carbocycles. The van der Waals surface area contributed by atoms with Crippen molar-refractivity contribution in [2.24, 2.45) is 5.16 Å². The molecule has 1 aliphatic heterocycles. The second kappa shape index (κ2) is 7.67. The van der Waals surface area contributed by atoms with Crippen LogP contribution in [0.4, 0.5) is 0 Å². The summed E-state index contributed by atoms with van der Waals surface area (Å²) in [4.78, 5) is 17.1. The molecule has 114 valence electrons. The Bertz CT molecular complexity index is 514. The lowest BCUT2D eigenvalue weighted by Gasteiger charge is -2.08. The van der Waals surface area contributed by atoms with Gasteiger partial charge in [-0.3, -0.25) is 4.79 Å². The zero-order valence-electron chi connectivity index (χ0n) is 12.6. The number of methoxy groups -OCH3 is 1. The van der Waals surface area contributed by atoms with E-state index < -0.39 is 6.10 Å². The third kappa shape index (κ3) is 4.48. The molecule has 0 aromatic heterocycles. The van der Waals surface area contributed by atoms with Gasteiger partial charge in [0.25, 0.3) is 5.91 Å². The maximum atomic E-state index is 11.9. The molecule has 0 unspecified atom stereocenters. The van der Waals surface area contributed by atoms with Crippen LogP contribution >= 0.6 is 0 Å². The van der Waals surface area contributed by atoms with Crippen molar-refractivity contribution < 1.29 is 14.4 Å². The molecule has 2 rings (SSSR count). The Morgan fingerprint density at radius 1 is 1.52 bits per heavy atom. The fourth-order valence-corrected chi connectivity index (χ4v) is 2.19. The van der Waals surface area contributed by atoms with Crippen LogP contribution in [-0.4, -0.2) is 31.4 Å². The summed E-state index contributed by atoms with van der Waals surface area (Å²) in [5, 5.41) is 6.90.